The van der Waals surface area contributed by atoms with Crippen LogP contribution in [0.4, 0.5) is 5.69 Å². The van der Waals surface area contributed by atoms with Crippen LogP contribution in [0.3, 0.4) is 0 Å². The van der Waals surface area contributed by atoms with Crippen molar-refractivity contribution >= 4 is 23.7 Å². The first-order valence-electron chi connectivity index (χ1n) is 10.5. The molecule has 0 saturated heterocycles. The molecule has 0 aliphatic rings. The van der Waals surface area contributed by atoms with E-state index in [1.165, 1.54) is 13.3 Å². The van der Waals surface area contributed by atoms with Crippen molar-refractivity contribution in [3.05, 3.63) is 96.2 Å². The Morgan fingerprint density at radius 1 is 0.971 bits per heavy atom. The summed E-state index contributed by atoms with van der Waals surface area (Å²) in [5.74, 6) is -1.17. The zero-order chi connectivity index (χ0) is 23.9. The minimum atomic E-state index is -0.897. The van der Waals surface area contributed by atoms with Gasteiger partial charge in [-0.2, -0.15) is 10.2 Å². The molecule has 3 aromatic carbocycles. The first kappa shape index (κ1) is 22.5. The summed E-state index contributed by atoms with van der Waals surface area (Å²) in [7, 11) is 1.52. The molecule has 1 aromatic heterocycles. The SMILES string of the molecule is COc1cccc(NC(=O)C(=O)N/N=C\c2cn(-c3ccccc3)nc2-c2cccc(C)c2)c1. The van der Waals surface area contributed by atoms with Gasteiger partial charge in [0.2, 0.25) is 0 Å². The topological polar surface area (TPSA) is 97.6 Å². The number of hydrogen-bond acceptors (Lipinski definition) is 5. The molecule has 4 aromatic rings. The highest BCUT2D eigenvalue weighted by Gasteiger charge is 2.14. The Kier molecular flexibility index (Phi) is 6.78. The lowest BCUT2D eigenvalue weighted by molar-refractivity contribution is -0.136. The molecule has 0 bridgehead atoms. The summed E-state index contributed by atoms with van der Waals surface area (Å²) >= 11 is 0. The molecule has 0 radical (unpaired) electrons. The maximum absolute atomic E-state index is 12.2. The third-order valence-corrected chi connectivity index (χ3v) is 4.96. The molecule has 0 unspecified atom stereocenters. The number of rotatable bonds is 6. The molecule has 0 aliphatic heterocycles. The number of amides is 2. The normalized spacial score (nSPS) is 10.8. The Hall–Kier alpha value is -4.72. The highest BCUT2D eigenvalue weighted by molar-refractivity contribution is 6.39. The summed E-state index contributed by atoms with van der Waals surface area (Å²) in [6.07, 6.45) is 3.29. The van der Waals surface area contributed by atoms with Crippen LogP contribution in [0.25, 0.3) is 16.9 Å². The Bertz CT molecular complexity index is 1350. The fraction of sp³-hybridized carbons (Fsp3) is 0.0769. The lowest BCUT2D eigenvalue weighted by atomic mass is 10.1. The number of anilines is 1. The van der Waals surface area contributed by atoms with E-state index < -0.39 is 11.8 Å². The minimum absolute atomic E-state index is 0.439. The lowest BCUT2D eigenvalue weighted by Crippen LogP contribution is -2.32. The summed E-state index contributed by atoms with van der Waals surface area (Å²) in [4.78, 5) is 24.4. The van der Waals surface area contributed by atoms with Gasteiger partial charge in [0.15, 0.2) is 0 Å². The maximum Gasteiger partial charge on any atom is 0.329 e. The number of nitrogens with zero attached hydrogens (tertiary/aromatic N) is 3. The number of aromatic nitrogens is 2. The molecular weight excluding hydrogens is 430 g/mol. The quantitative estimate of drug-likeness (QED) is 0.262. The van der Waals surface area contributed by atoms with Crippen molar-refractivity contribution in [1.82, 2.24) is 15.2 Å². The molecule has 8 heteroatoms. The van der Waals surface area contributed by atoms with Gasteiger partial charge in [-0.1, -0.05) is 48.0 Å². The number of carbonyl (C=O) groups is 2. The van der Waals surface area contributed by atoms with Crippen molar-refractivity contribution in [2.75, 3.05) is 12.4 Å². The van der Waals surface area contributed by atoms with Crippen molar-refractivity contribution in [1.29, 1.82) is 0 Å². The number of benzene rings is 3. The molecule has 2 amide bonds. The third kappa shape index (κ3) is 5.36. The van der Waals surface area contributed by atoms with Crippen LogP contribution in [0.15, 0.2) is 90.2 Å². The van der Waals surface area contributed by atoms with E-state index in [9.17, 15) is 9.59 Å². The third-order valence-electron chi connectivity index (χ3n) is 4.96. The van der Waals surface area contributed by atoms with Gasteiger partial charge < -0.3 is 10.1 Å². The number of nitrogens with one attached hydrogen (secondary N) is 2. The van der Waals surface area contributed by atoms with Gasteiger partial charge in [-0.3, -0.25) is 9.59 Å². The van der Waals surface area contributed by atoms with Gasteiger partial charge in [-0.05, 0) is 37.3 Å². The van der Waals surface area contributed by atoms with E-state index in [0.29, 0.717) is 22.7 Å². The van der Waals surface area contributed by atoms with E-state index >= 15 is 0 Å². The van der Waals surface area contributed by atoms with Crippen LogP contribution >= 0.6 is 0 Å². The monoisotopic (exact) mass is 453 g/mol. The minimum Gasteiger partial charge on any atom is -0.497 e. The van der Waals surface area contributed by atoms with E-state index in [0.717, 1.165) is 16.8 Å². The van der Waals surface area contributed by atoms with E-state index in [2.05, 4.69) is 15.8 Å². The van der Waals surface area contributed by atoms with Crippen LogP contribution in [-0.4, -0.2) is 34.9 Å². The van der Waals surface area contributed by atoms with Crippen molar-refractivity contribution in [2.45, 2.75) is 6.92 Å². The molecule has 2 N–H and O–H groups in total. The smallest absolute Gasteiger partial charge is 0.329 e. The van der Waals surface area contributed by atoms with E-state index in [-0.39, 0.29) is 0 Å². The van der Waals surface area contributed by atoms with Crippen LogP contribution < -0.4 is 15.5 Å². The van der Waals surface area contributed by atoms with Crippen LogP contribution in [0.2, 0.25) is 0 Å². The maximum atomic E-state index is 12.2. The van der Waals surface area contributed by atoms with Crippen LogP contribution in [0.5, 0.6) is 5.75 Å². The predicted molar refractivity (Wildman–Crippen MR) is 131 cm³/mol. The summed E-state index contributed by atoms with van der Waals surface area (Å²) in [6.45, 7) is 2.01. The fourth-order valence-electron chi connectivity index (χ4n) is 3.31. The lowest BCUT2D eigenvalue weighted by Gasteiger charge is -2.05. The molecule has 0 aliphatic carbocycles. The number of para-hydroxylation sites is 1. The Morgan fingerprint density at radius 2 is 1.76 bits per heavy atom. The van der Waals surface area contributed by atoms with Gasteiger partial charge in [0.05, 0.1) is 19.0 Å². The van der Waals surface area contributed by atoms with E-state index in [4.69, 9.17) is 9.84 Å². The summed E-state index contributed by atoms with van der Waals surface area (Å²) in [6, 6.07) is 24.3. The zero-order valence-corrected chi connectivity index (χ0v) is 18.7. The predicted octanol–water partition coefficient (Wildman–Crippen LogP) is 3.95. The first-order valence-corrected chi connectivity index (χ1v) is 10.5. The average Bonchev–Trinajstić information content (AvgIpc) is 3.29. The fourth-order valence-corrected chi connectivity index (χ4v) is 3.31. The molecular formula is C26H23N5O3. The first-order chi connectivity index (χ1) is 16.5. The second kappa shape index (κ2) is 10.3. The summed E-state index contributed by atoms with van der Waals surface area (Å²) < 4.78 is 6.86. The molecule has 0 saturated carbocycles. The van der Waals surface area contributed by atoms with E-state index in [1.807, 2.05) is 67.7 Å². The number of methoxy groups -OCH3 is 1. The van der Waals surface area contributed by atoms with E-state index in [1.54, 1.807) is 28.9 Å². The van der Waals surface area contributed by atoms with Gasteiger partial charge >= 0.3 is 11.8 Å². The van der Waals surface area contributed by atoms with Crippen molar-refractivity contribution in [3.63, 3.8) is 0 Å². The van der Waals surface area contributed by atoms with Crippen LogP contribution in [0, 0.1) is 6.92 Å². The zero-order valence-electron chi connectivity index (χ0n) is 18.7. The molecule has 0 spiro atoms. The van der Waals surface area contributed by atoms with Gasteiger partial charge in [-0.25, -0.2) is 10.1 Å². The van der Waals surface area contributed by atoms with Gasteiger partial charge in [0.1, 0.15) is 11.4 Å². The molecule has 0 fully saturated rings. The molecule has 8 nitrogen and oxygen atoms in total. The van der Waals surface area contributed by atoms with Crippen LogP contribution in [0.1, 0.15) is 11.1 Å². The largest absolute Gasteiger partial charge is 0.497 e. The Labute approximate surface area is 196 Å². The van der Waals surface area contributed by atoms with Gasteiger partial charge in [-0.15, -0.1) is 0 Å². The van der Waals surface area contributed by atoms with Crippen LogP contribution in [-0.2, 0) is 9.59 Å². The molecule has 34 heavy (non-hydrogen) atoms. The number of carbonyl (C=O) groups excluding carboxylic acids is 2. The molecule has 170 valence electrons. The van der Waals surface area contributed by atoms with Crippen molar-refractivity contribution in [3.8, 4) is 22.7 Å². The number of hydrazone groups is 1. The van der Waals surface area contributed by atoms with Gasteiger partial charge in [0, 0.05) is 29.1 Å². The molecule has 1 heterocycles. The van der Waals surface area contributed by atoms with Crippen molar-refractivity contribution < 1.29 is 14.3 Å². The molecule has 4 rings (SSSR count). The number of ether oxygens (including phenoxy) is 1. The van der Waals surface area contributed by atoms with Gasteiger partial charge in [0.25, 0.3) is 0 Å². The second-order valence-corrected chi connectivity index (χ2v) is 7.47. The summed E-state index contributed by atoms with van der Waals surface area (Å²) in [5.41, 5.74) is 6.99. The summed E-state index contributed by atoms with van der Waals surface area (Å²) in [5, 5.41) is 11.2. The number of hydrogen-bond donors (Lipinski definition) is 2. The Balaban J connectivity index is 1.52. The van der Waals surface area contributed by atoms with Crippen molar-refractivity contribution in [2.24, 2.45) is 5.10 Å². The molecule has 0 atom stereocenters. The number of aryl methyl sites for hydroxylation is 1. The Morgan fingerprint density at radius 3 is 2.53 bits per heavy atom. The standard InChI is InChI=1S/C26H23N5O3/c1-18-8-6-9-19(14-18)24-20(17-31(30-24)22-11-4-3-5-12-22)16-27-29-26(33)25(32)28-21-10-7-13-23(15-21)34-2/h3-17H,1-2H3,(H,28,32)(H,29,33)/b27-16-. The average molecular weight is 454 g/mol. The second-order valence-electron chi connectivity index (χ2n) is 7.47. The highest BCUT2D eigenvalue weighted by Crippen LogP contribution is 2.23. The highest BCUT2D eigenvalue weighted by atomic mass is 16.5.